The molecule has 0 spiro atoms. The molecule has 18 atom stereocenters. The van der Waals surface area contributed by atoms with Crippen molar-refractivity contribution in [2.75, 3.05) is 55.1 Å². The van der Waals surface area contributed by atoms with Gasteiger partial charge in [-0.1, -0.05) is 13.8 Å². The predicted molar refractivity (Wildman–Crippen MR) is 225 cm³/mol. The second-order valence-electron chi connectivity index (χ2n) is 18.0. The summed E-state index contributed by atoms with van der Waals surface area (Å²) in [6, 6.07) is -0.577. The largest absolute Gasteiger partial charge is 0.455 e. The number of halogens is 1. The summed E-state index contributed by atoms with van der Waals surface area (Å²) in [5.74, 6) is -2.99. The quantitative estimate of drug-likeness (QED) is 0.156. The summed E-state index contributed by atoms with van der Waals surface area (Å²) < 4.78 is 55.7. The van der Waals surface area contributed by atoms with Crippen molar-refractivity contribution in [2.45, 2.75) is 177 Å². The van der Waals surface area contributed by atoms with Gasteiger partial charge in [-0.2, -0.15) is 0 Å². The number of hydrogen-bond donors (Lipinski definition) is 3. The average Bonchev–Trinajstić information content (AvgIpc) is 3.11. The smallest absolute Gasteiger partial charge is 0.312 e. The number of likely N-dealkylation sites (N-methyl/N-ethyl adjacent to an activating group) is 2. The number of hydrogen-bond acceptors (Lipinski definition) is 16. The fourth-order valence-electron chi connectivity index (χ4n) is 9.36. The van der Waals surface area contributed by atoms with Gasteiger partial charge in [-0.3, -0.25) is 9.59 Å². The van der Waals surface area contributed by atoms with E-state index in [4.69, 9.17) is 48.4 Å². The minimum absolute atomic E-state index is 0.112. The molecular weight excluding hydrogens is 869 g/mol. The van der Waals surface area contributed by atoms with E-state index in [1.165, 1.54) is 14.0 Å². The van der Waals surface area contributed by atoms with Crippen molar-refractivity contribution in [2.24, 2.45) is 23.5 Å². The Hall–Kier alpha value is -0.810. The molecule has 0 bridgehead atoms. The Balaban J connectivity index is 2.22. The Morgan fingerprint density at radius 1 is 0.983 bits per heavy atom. The third kappa shape index (κ3) is 12.4. The summed E-state index contributed by atoms with van der Waals surface area (Å²) in [5, 5.41) is 24.7. The molecule has 3 heterocycles. The molecule has 17 heteroatoms. The van der Waals surface area contributed by atoms with Crippen molar-refractivity contribution < 1.29 is 62.4 Å². The molecule has 0 radical (unpaired) electrons. The van der Waals surface area contributed by atoms with Crippen LogP contribution in [-0.4, -0.2) is 175 Å². The number of cyclic esters (lactones) is 1. The Morgan fingerprint density at radius 2 is 1.62 bits per heavy atom. The van der Waals surface area contributed by atoms with Gasteiger partial charge in [-0.15, -0.1) is 0 Å². The zero-order chi connectivity index (χ0) is 44.1. The minimum Gasteiger partial charge on any atom is -0.455 e. The predicted octanol–water partition coefficient (Wildman–Crippen LogP) is 3.09. The molecule has 3 rings (SSSR count). The third-order valence-electron chi connectivity index (χ3n) is 12.5. The first-order valence-electron chi connectivity index (χ1n) is 20.7. The zero-order valence-corrected chi connectivity index (χ0v) is 39.8. The zero-order valence-electron chi connectivity index (χ0n) is 37.6. The maximum atomic E-state index is 14.4. The molecule has 3 fully saturated rings. The van der Waals surface area contributed by atoms with Crippen LogP contribution in [0.1, 0.15) is 88.5 Å². The summed E-state index contributed by atoms with van der Waals surface area (Å²) in [6.07, 6.45) is -5.79. The molecule has 0 aromatic rings. The Bertz CT molecular complexity index is 1310. The normalized spacial score (nSPS) is 45.6. The second-order valence-corrected chi connectivity index (χ2v) is 19.1. The molecular formula is C41H76IN3O13. The second kappa shape index (κ2) is 21.5. The van der Waals surface area contributed by atoms with E-state index in [1.54, 1.807) is 27.9 Å². The van der Waals surface area contributed by atoms with Gasteiger partial charge in [0.25, 0.3) is 0 Å². The lowest BCUT2D eigenvalue weighted by Gasteiger charge is -2.49. The molecule has 0 saturated carbocycles. The van der Waals surface area contributed by atoms with E-state index < -0.39 is 93.9 Å². The van der Waals surface area contributed by atoms with Crippen LogP contribution in [-0.2, 0) is 52.2 Å². The van der Waals surface area contributed by atoms with Gasteiger partial charge in [-0.05, 0) is 111 Å². The molecule has 3 saturated heterocycles. The van der Waals surface area contributed by atoms with E-state index in [-0.39, 0.29) is 36.9 Å². The molecule has 0 aromatic carbocycles. The lowest BCUT2D eigenvalue weighted by Crippen LogP contribution is -2.61. The summed E-state index contributed by atoms with van der Waals surface area (Å²) in [6.45, 7) is 19.1. The number of methoxy groups -OCH3 is 2. The van der Waals surface area contributed by atoms with Gasteiger partial charge in [0.1, 0.15) is 17.8 Å². The lowest BCUT2D eigenvalue weighted by molar-refractivity contribution is -0.321. The van der Waals surface area contributed by atoms with Crippen LogP contribution in [0.3, 0.4) is 0 Å². The van der Waals surface area contributed by atoms with Crippen molar-refractivity contribution in [3.05, 3.63) is 0 Å². The highest BCUT2D eigenvalue weighted by Gasteiger charge is 2.53. The van der Waals surface area contributed by atoms with Gasteiger partial charge in [0, 0.05) is 52.6 Å². The molecule has 0 unspecified atom stereocenters. The van der Waals surface area contributed by atoms with E-state index in [1.807, 2.05) is 90.2 Å². The van der Waals surface area contributed by atoms with Crippen LogP contribution in [0.15, 0.2) is 0 Å². The molecule has 0 amide bonds. The SMILES string of the molecule is CO[C@@H]1[C@@H](C)N(C)C[C@H](C)C[C@@](C)(O)[C@H](O[C@@H]2O[C@H](C)C[C@H](N(C)C)[C@H]2OC(C)=O)[C@@H](C)[C@H](O[C@H]2C[C@@](C)(OC)[C@@H](OCCN)[C@H](C)O2)[C@@H](C)C(=O)O[C@H](I)[C@@]1(C)O. The van der Waals surface area contributed by atoms with Crippen LogP contribution in [0.5, 0.6) is 0 Å². The van der Waals surface area contributed by atoms with Crippen molar-refractivity contribution in [1.29, 1.82) is 0 Å². The van der Waals surface area contributed by atoms with E-state index in [2.05, 4.69) is 4.90 Å². The van der Waals surface area contributed by atoms with Crippen molar-refractivity contribution in [1.82, 2.24) is 9.80 Å². The van der Waals surface area contributed by atoms with Crippen LogP contribution >= 0.6 is 22.6 Å². The number of carbonyl (C=O) groups is 2. The average molecular weight is 946 g/mol. The molecule has 3 aliphatic heterocycles. The Morgan fingerprint density at radius 3 is 2.17 bits per heavy atom. The lowest BCUT2D eigenvalue weighted by atomic mass is 9.77. The number of nitrogens with zero attached hydrogens (tertiary/aromatic N) is 2. The van der Waals surface area contributed by atoms with Crippen LogP contribution in [0.2, 0.25) is 0 Å². The topological polar surface area (TPSA) is 190 Å². The fraction of sp³-hybridized carbons (Fsp3) is 0.951. The highest BCUT2D eigenvalue weighted by Crippen LogP contribution is 2.41. The number of alkyl halides is 1. The maximum absolute atomic E-state index is 14.4. The first-order valence-corrected chi connectivity index (χ1v) is 21.9. The van der Waals surface area contributed by atoms with Gasteiger partial charge in [0.05, 0.1) is 54.2 Å². The van der Waals surface area contributed by atoms with Gasteiger partial charge < -0.3 is 68.4 Å². The molecule has 0 aliphatic carbocycles. The first kappa shape index (κ1) is 51.5. The van der Waals surface area contributed by atoms with Crippen molar-refractivity contribution >= 4 is 34.5 Å². The monoisotopic (exact) mass is 945 g/mol. The Kier molecular flexibility index (Phi) is 19.1. The molecule has 3 aliphatic rings. The van der Waals surface area contributed by atoms with E-state index >= 15 is 0 Å². The number of ether oxygens (including phenoxy) is 9. The fourth-order valence-corrected chi connectivity index (χ4v) is 9.97. The molecule has 58 heavy (non-hydrogen) atoms. The standard InChI is InChI=1S/C41H76IN3O13/c1-22-19-39(8,48)33(57-37-32(55-28(7)46)29(44(11)12)18-23(2)53-37)24(3)31(56-30-20-40(9,51-15)35(27(6)54-30)52-17-16-43)25(4)36(47)58-38(42)41(10,49)34(50-14)26(5)45(13)21-22/h22-27,29-35,37-38,48-49H,16-21,43H2,1-15H3/t22-,23-,24+,25-,26-,27+,29+,30+,31+,32-,33-,34-,35+,37+,38+,39-,40-,41+/m1/s1. The summed E-state index contributed by atoms with van der Waals surface area (Å²) in [5.41, 5.74) is 1.76. The minimum atomic E-state index is -1.61. The van der Waals surface area contributed by atoms with Crippen molar-refractivity contribution in [3.8, 4) is 0 Å². The summed E-state index contributed by atoms with van der Waals surface area (Å²) in [7, 11) is 8.87. The number of carbonyl (C=O) groups excluding carboxylic acids is 2. The Labute approximate surface area is 360 Å². The third-order valence-corrected chi connectivity index (χ3v) is 14.0. The van der Waals surface area contributed by atoms with Crippen LogP contribution in [0.4, 0.5) is 0 Å². The summed E-state index contributed by atoms with van der Waals surface area (Å²) in [4.78, 5) is 31.0. The first-order chi connectivity index (χ1) is 26.8. The van der Waals surface area contributed by atoms with E-state index in [9.17, 15) is 19.8 Å². The van der Waals surface area contributed by atoms with Gasteiger partial charge in [0.15, 0.2) is 22.8 Å². The van der Waals surface area contributed by atoms with E-state index in [0.717, 1.165) is 0 Å². The number of rotatable bonds is 11. The van der Waals surface area contributed by atoms with Crippen LogP contribution < -0.4 is 5.73 Å². The maximum Gasteiger partial charge on any atom is 0.312 e. The molecule has 0 aromatic heterocycles. The molecule has 4 N–H and O–H groups in total. The van der Waals surface area contributed by atoms with Crippen LogP contribution in [0, 0.1) is 17.8 Å². The molecule has 340 valence electrons. The highest BCUT2D eigenvalue weighted by atomic mass is 127. The summed E-state index contributed by atoms with van der Waals surface area (Å²) >= 11 is 1.94. The number of nitrogens with two attached hydrogens (primary N) is 1. The van der Waals surface area contributed by atoms with Crippen LogP contribution in [0.25, 0.3) is 0 Å². The highest BCUT2D eigenvalue weighted by molar-refractivity contribution is 14.1. The van der Waals surface area contributed by atoms with E-state index in [0.29, 0.717) is 26.1 Å². The number of esters is 2. The molecule has 16 nitrogen and oxygen atoms in total. The number of aliphatic hydroxyl groups is 2. The van der Waals surface area contributed by atoms with Gasteiger partial charge in [0.2, 0.25) is 0 Å². The van der Waals surface area contributed by atoms with Gasteiger partial charge >= 0.3 is 11.9 Å². The van der Waals surface area contributed by atoms with Gasteiger partial charge in [-0.25, -0.2) is 0 Å². The van der Waals surface area contributed by atoms with Crippen molar-refractivity contribution in [3.63, 3.8) is 0 Å².